The van der Waals surface area contributed by atoms with Crippen LogP contribution in [0.3, 0.4) is 0 Å². The van der Waals surface area contributed by atoms with Crippen LogP contribution in [0.2, 0.25) is 0 Å². The van der Waals surface area contributed by atoms with Crippen LogP contribution in [0, 0.1) is 13.8 Å². The largest absolute Gasteiger partial charge is 0.477 e. The van der Waals surface area contributed by atoms with Crippen molar-refractivity contribution in [2.24, 2.45) is 0 Å². The van der Waals surface area contributed by atoms with Gasteiger partial charge in [0.05, 0.1) is 0 Å². The van der Waals surface area contributed by atoms with Crippen molar-refractivity contribution in [2.45, 2.75) is 40.0 Å². The normalized spacial score (nSPS) is 11.7. The smallest absolute Gasteiger partial charge is 0.352 e. The van der Waals surface area contributed by atoms with Crippen LogP contribution in [-0.4, -0.2) is 16.1 Å². The molecule has 0 unspecified atom stereocenters. The van der Waals surface area contributed by atoms with Crippen molar-refractivity contribution >= 4 is 5.97 Å². The first-order chi connectivity index (χ1) is 9.21. The zero-order chi connectivity index (χ0) is 15.1. The van der Waals surface area contributed by atoms with Gasteiger partial charge in [-0.3, -0.25) is 0 Å². The highest BCUT2D eigenvalue weighted by molar-refractivity contribution is 5.91. The minimum atomic E-state index is -0.914. The van der Waals surface area contributed by atoms with Crippen LogP contribution in [0.4, 0.5) is 0 Å². The number of rotatable bonds is 2. The van der Waals surface area contributed by atoms with E-state index in [9.17, 15) is 4.79 Å². The molecule has 2 aromatic rings. The minimum Gasteiger partial charge on any atom is -0.477 e. The van der Waals surface area contributed by atoms with Gasteiger partial charge in [0, 0.05) is 11.3 Å². The van der Waals surface area contributed by atoms with Gasteiger partial charge >= 0.3 is 5.97 Å². The van der Waals surface area contributed by atoms with Gasteiger partial charge in [0.2, 0.25) is 0 Å². The van der Waals surface area contributed by atoms with E-state index < -0.39 is 5.97 Å². The van der Waals surface area contributed by atoms with Gasteiger partial charge in [-0.25, -0.2) is 4.79 Å². The molecule has 0 aliphatic carbocycles. The summed E-state index contributed by atoms with van der Waals surface area (Å²) in [4.78, 5) is 14.1. The van der Waals surface area contributed by atoms with Gasteiger partial charge in [0.15, 0.2) is 0 Å². The Hall–Kier alpha value is -2.03. The van der Waals surface area contributed by atoms with Gasteiger partial charge in [-0.15, -0.1) is 0 Å². The molecule has 2 rings (SSSR count). The maximum absolute atomic E-state index is 11.2. The summed E-state index contributed by atoms with van der Waals surface area (Å²) in [6.07, 6.45) is 0. The molecular formula is C17H21NO2. The van der Waals surface area contributed by atoms with Crippen LogP contribution in [0.25, 0.3) is 11.1 Å². The highest BCUT2D eigenvalue weighted by Gasteiger charge is 2.18. The van der Waals surface area contributed by atoms with Crippen molar-refractivity contribution in [3.63, 3.8) is 0 Å². The lowest BCUT2D eigenvalue weighted by molar-refractivity contribution is 0.0690. The number of benzene rings is 1. The summed E-state index contributed by atoms with van der Waals surface area (Å²) < 4.78 is 0. The Balaban J connectivity index is 2.50. The molecule has 2 N–H and O–H groups in total. The van der Waals surface area contributed by atoms with E-state index in [1.807, 2.05) is 13.8 Å². The number of H-pyrrole nitrogens is 1. The Morgan fingerprint density at radius 3 is 2.05 bits per heavy atom. The molecular weight excluding hydrogens is 250 g/mol. The molecule has 20 heavy (non-hydrogen) atoms. The molecule has 0 amide bonds. The van der Waals surface area contributed by atoms with E-state index in [4.69, 9.17) is 5.11 Å². The van der Waals surface area contributed by atoms with Gasteiger partial charge < -0.3 is 10.1 Å². The van der Waals surface area contributed by atoms with Gasteiger partial charge in [-0.05, 0) is 36.0 Å². The molecule has 1 heterocycles. The van der Waals surface area contributed by atoms with Crippen molar-refractivity contribution in [2.75, 3.05) is 0 Å². The molecule has 1 aromatic heterocycles. The van der Waals surface area contributed by atoms with Gasteiger partial charge in [-0.1, -0.05) is 45.0 Å². The van der Waals surface area contributed by atoms with Gasteiger partial charge in [-0.2, -0.15) is 0 Å². The summed E-state index contributed by atoms with van der Waals surface area (Å²) in [6.45, 7) is 10.3. The second-order valence-corrected chi connectivity index (χ2v) is 6.26. The molecule has 3 heteroatoms. The number of aromatic amines is 1. The monoisotopic (exact) mass is 271 g/mol. The molecule has 0 spiro atoms. The Morgan fingerprint density at radius 1 is 1.10 bits per heavy atom. The summed E-state index contributed by atoms with van der Waals surface area (Å²) >= 11 is 0. The van der Waals surface area contributed by atoms with E-state index >= 15 is 0 Å². The zero-order valence-electron chi connectivity index (χ0n) is 12.7. The predicted molar refractivity (Wildman–Crippen MR) is 81.4 cm³/mol. The van der Waals surface area contributed by atoms with E-state index in [0.29, 0.717) is 0 Å². The number of aryl methyl sites for hydroxylation is 1. The number of carboxylic acid groups (broad SMARTS) is 1. The van der Waals surface area contributed by atoms with Gasteiger partial charge in [0.1, 0.15) is 5.69 Å². The third-order valence-electron chi connectivity index (χ3n) is 3.69. The SMILES string of the molecule is Cc1[nH]c(C(=O)O)c(C)c1-c1ccc(C(C)(C)C)cc1. The molecule has 0 saturated heterocycles. The molecule has 0 aliphatic heterocycles. The molecule has 0 radical (unpaired) electrons. The second kappa shape index (κ2) is 4.82. The van der Waals surface area contributed by atoms with Crippen LogP contribution in [0.15, 0.2) is 24.3 Å². The van der Waals surface area contributed by atoms with Crippen molar-refractivity contribution < 1.29 is 9.90 Å². The van der Waals surface area contributed by atoms with Gasteiger partial charge in [0.25, 0.3) is 0 Å². The molecule has 0 aliphatic rings. The number of hydrogen-bond donors (Lipinski definition) is 2. The predicted octanol–water partition coefficient (Wildman–Crippen LogP) is 4.29. The van der Waals surface area contributed by atoms with Crippen LogP contribution in [0.1, 0.15) is 48.1 Å². The number of hydrogen-bond acceptors (Lipinski definition) is 1. The number of carbonyl (C=O) groups is 1. The Morgan fingerprint density at radius 2 is 1.65 bits per heavy atom. The Bertz CT molecular complexity index is 643. The highest BCUT2D eigenvalue weighted by Crippen LogP contribution is 2.31. The summed E-state index contributed by atoms with van der Waals surface area (Å²) in [7, 11) is 0. The number of aromatic carboxylic acids is 1. The first kappa shape index (κ1) is 14.4. The fraction of sp³-hybridized carbons (Fsp3) is 0.353. The first-order valence-corrected chi connectivity index (χ1v) is 6.75. The van der Waals surface area contributed by atoms with E-state index in [-0.39, 0.29) is 11.1 Å². The fourth-order valence-corrected chi connectivity index (χ4v) is 2.53. The summed E-state index contributed by atoms with van der Waals surface area (Å²) in [5.74, 6) is -0.914. The van der Waals surface area contributed by atoms with Crippen LogP contribution >= 0.6 is 0 Å². The molecule has 0 fully saturated rings. The zero-order valence-corrected chi connectivity index (χ0v) is 12.7. The van der Waals surface area contributed by atoms with Crippen LogP contribution < -0.4 is 0 Å². The number of aromatic nitrogens is 1. The lowest BCUT2D eigenvalue weighted by Gasteiger charge is -2.19. The summed E-state index contributed by atoms with van der Waals surface area (Å²) in [5, 5.41) is 9.17. The lowest BCUT2D eigenvalue weighted by Crippen LogP contribution is -2.10. The summed E-state index contributed by atoms with van der Waals surface area (Å²) in [5.41, 5.74) is 5.39. The number of carboxylic acids is 1. The topological polar surface area (TPSA) is 53.1 Å². The van der Waals surface area contributed by atoms with Crippen molar-refractivity contribution in [1.29, 1.82) is 0 Å². The van der Waals surface area contributed by atoms with E-state index in [1.165, 1.54) is 5.56 Å². The first-order valence-electron chi connectivity index (χ1n) is 6.75. The third-order valence-corrected chi connectivity index (χ3v) is 3.69. The van der Waals surface area contributed by atoms with E-state index in [2.05, 4.69) is 50.0 Å². The Kier molecular flexibility index (Phi) is 3.46. The van der Waals surface area contributed by atoms with Crippen molar-refractivity contribution in [3.05, 3.63) is 46.8 Å². The average Bonchev–Trinajstić information content (AvgIpc) is 2.64. The maximum Gasteiger partial charge on any atom is 0.352 e. The molecule has 0 bridgehead atoms. The standard InChI is InChI=1S/C17H21NO2/c1-10-14(11(2)18-15(10)16(19)20)12-6-8-13(9-7-12)17(3,4)5/h6-9,18H,1-5H3,(H,19,20). The number of nitrogens with one attached hydrogen (secondary N) is 1. The van der Waals surface area contributed by atoms with Crippen LogP contribution in [-0.2, 0) is 5.41 Å². The molecule has 0 saturated carbocycles. The highest BCUT2D eigenvalue weighted by atomic mass is 16.4. The second-order valence-electron chi connectivity index (χ2n) is 6.26. The molecule has 106 valence electrons. The average molecular weight is 271 g/mol. The lowest BCUT2D eigenvalue weighted by atomic mass is 9.86. The van der Waals surface area contributed by atoms with Crippen molar-refractivity contribution in [3.8, 4) is 11.1 Å². The van der Waals surface area contributed by atoms with E-state index in [0.717, 1.165) is 22.4 Å². The minimum absolute atomic E-state index is 0.118. The van der Waals surface area contributed by atoms with Crippen LogP contribution in [0.5, 0.6) is 0 Å². The molecule has 3 nitrogen and oxygen atoms in total. The van der Waals surface area contributed by atoms with E-state index in [1.54, 1.807) is 0 Å². The molecule has 0 atom stereocenters. The maximum atomic E-state index is 11.2. The Labute approximate surface area is 119 Å². The third kappa shape index (κ3) is 2.48. The van der Waals surface area contributed by atoms with Crippen molar-refractivity contribution in [1.82, 2.24) is 4.98 Å². The summed E-state index contributed by atoms with van der Waals surface area (Å²) in [6, 6.07) is 8.36. The molecule has 1 aromatic carbocycles. The quantitative estimate of drug-likeness (QED) is 0.855. The fourth-order valence-electron chi connectivity index (χ4n) is 2.53.